The fourth-order valence-corrected chi connectivity index (χ4v) is 3.22. The van der Waals surface area contributed by atoms with Gasteiger partial charge in [-0.3, -0.25) is 0 Å². The molecule has 1 atom stereocenters. The quantitative estimate of drug-likeness (QED) is 0.803. The third-order valence-electron chi connectivity index (χ3n) is 4.27. The van der Waals surface area contributed by atoms with Gasteiger partial charge in [0.05, 0.1) is 0 Å². The number of rotatable bonds is 1. The van der Waals surface area contributed by atoms with Gasteiger partial charge in [-0.25, -0.2) is 4.39 Å². The molecule has 1 aromatic rings. The van der Waals surface area contributed by atoms with Crippen LogP contribution < -0.4 is 5.32 Å². The third kappa shape index (κ3) is 1.93. The van der Waals surface area contributed by atoms with Crippen molar-refractivity contribution in [2.75, 3.05) is 32.0 Å². The molecular formula is C14H19FN2. The average molecular weight is 234 g/mol. The third-order valence-corrected chi connectivity index (χ3v) is 4.27. The summed E-state index contributed by atoms with van der Waals surface area (Å²) in [5.41, 5.74) is 1.94. The van der Waals surface area contributed by atoms with E-state index in [0.29, 0.717) is 11.8 Å². The first-order valence-electron chi connectivity index (χ1n) is 6.46. The van der Waals surface area contributed by atoms with Crippen molar-refractivity contribution in [3.8, 4) is 0 Å². The van der Waals surface area contributed by atoms with E-state index in [2.05, 4.69) is 17.3 Å². The summed E-state index contributed by atoms with van der Waals surface area (Å²) >= 11 is 0. The van der Waals surface area contributed by atoms with Gasteiger partial charge in [0.25, 0.3) is 0 Å². The summed E-state index contributed by atoms with van der Waals surface area (Å²) in [5.74, 6) is 0.980. The molecule has 0 aromatic heterocycles. The Morgan fingerprint density at radius 3 is 2.82 bits per heavy atom. The van der Waals surface area contributed by atoms with E-state index in [1.165, 1.54) is 12.8 Å². The Morgan fingerprint density at radius 1 is 1.29 bits per heavy atom. The molecule has 1 saturated heterocycles. The minimum atomic E-state index is -0.0311. The number of likely N-dealkylation sites (tertiary alicyclic amines) is 1. The van der Waals surface area contributed by atoms with Gasteiger partial charge in [-0.05, 0) is 51.0 Å². The van der Waals surface area contributed by atoms with Gasteiger partial charge in [0.15, 0.2) is 0 Å². The number of piperidine rings is 1. The molecule has 3 rings (SSSR count). The normalized spacial score (nSPS) is 25.6. The van der Waals surface area contributed by atoms with Gasteiger partial charge in [0.1, 0.15) is 5.82 Å². The molecule has 2 aliphatic rings. The monoisotopic (exact) mass is 234 g/mol. The van der Waals surface area contributed by atoms with E-state index in [1.807, 2.05) is 6.07 Å². The topological polar surface area (TPSA) is 15.3 Å². The van der Waals surface area contributed by atoms with E-state index < -0.39 is 0 Å². The number of nitrogens with one attached hydrogen (secondary N) is 1. The van der Waals surface area contributed by atoms with Gasteiger partial charge in [-0.1, -0.05) is 6.07 Å². The molecule has 1 aromatic carbocycles. The fraction of sp³-hybridized carbons (Fsp3) is 0.571. The minimum absolute atomic E-state index is 0.0311. The van der Waals surface area contributed by atoms with Crippen LogP contribution in [0.15, 0.2) is 18.2 Å². The first-order chi connectivity index (χ1) is 8.25. The van der Waals surface area contributed by atoms with Crippen LogP contribution in [0, 0.1) is 11.7 Å². The lowest BCUT2D eigenvalue weighted by atomic mass is 9.81. The van der Waals surface area contributed by atoms with E-state index in [9.17, 15) is 4.39 Å². The molecule has 1 unspecified atom stereocenters. The predicted molar refractivity (Wildman–Crippen MR) is 67.9 cm³/mol. The summed E-state index contributed by atoms with van der Waals surface area (Å²) in [6, 6.07) is 5.37. The molecular weight excluding hydrogens is 215 g/mol. The maximum atomic E-state index is 13.9. The molecule has 2 aliphatic heterocycles. The Morgan fingerprint density at radius 2 is 2.06 bits per heavy atom. The van der Waals surface area contributed by atoms with Crippen LogP contribution in [-0.2, 0) is 0 Å². The number of fused-ring (bicyclic) bond motifs is 1. The highest BCUT2D eigenvalue weighted by molar-refractivity contribution is 5.58. The number of hydrogen-bond donors (Lipinski definition) is 1. The summed E-state index contributed by atoms with van der Waals surface area (Å²) in [4.78, 5) is 2.36. The van der Waals surface area contributed by atoms with Crippen LogP contribution in [0.3, 0.4) is 0 Å². The lowest BCUT2D eigenvalue weighted by Crippen LogP contribution is -2.33. The SMILES string of the molecule is CN1CCC(C2CNc3cccc(F)c32)CC1. The maximum Gasteiger partial charge on any atom is 0.128 e. The molecule has 0 radical (unpaired) electrons. The second-order valence-electron chi connectivity index (χ2n) is 5.33. The zero-order chi connectivity index (χ0) is 11.8. The van der Waals surface area contributed by atoms with Gasteiger partial charge in [-0.2, -0.15) is 0 Å². The fourth-order valence-electron chi connectivity index (χ4n) is 3.22. The largest absolute Gasteiger partial charge is 0.384 e. The van der Waals surface area contributed by atoms with Gasteiger partial charge < -0.3 is 10.2 Å². The van der Waals surface area contributed by atoms with Crippen LogP contribution in [0.1, 0.15) is 24.3 Å². The Hall–Kier alpha value is -1.09. The van der Waals surface area contributed by atoms with Crippen molar-refractivity contribution >= 4 is 5.69 Å². The van der Waals surface area contributed by atoms with Crippen LogP contribution in [0.2, 0.25) is 0 Å². The Kier molecular flexibility index (Phi) is 2.79. The summed E-state index contributed by atoms with van der Waals surface area (Å²) in [7, 11) is 2.16. The van der Waals surface area contributed by atoms with Crippen LogP contribution in [0.25, 0.3) is 0 Å². The summed E-state index contributed by atoms with van der Waals surface area (Å²) < 4.78 is 13.9. The number of halogens is 1. The van der Waals surface area contributed by atoms with E-state index >= 15 is 0 Å². The first kappa shape index (κ1) is 11.0. The second-order valence-corrected chi connectivity index (χ2v) is 5.33. The molecule has 0 bridgehead atoms. The highest BCUT2D eigenvalue weighted by atomic mass is 19.1. The highest BCUT2D eigenvalue weighted by Crippen LogP contribution is 2.41. The molecule has 0 amide bonds. The molecule has 3 heteroatoms. The standard InChI is InChI=1S/C14H19FN2/c1-17-7-5-10(6-8-17)11-9-16-13-4-2-3-12(15)14(11)13/h2-4,10-11,16H,5-9H2,1H3. The van der Waals surface area contributed by atoms with E-state index in [4.69, 9.17) is 0 Å². The molecule has 92 valence electrons. The first-order valence-corrected chi connectivity index (χ1v) is 6.46. The van der Waals surface area contributed by atoms with Crippen molar-refractivity contribution in [2.45, 2.75) is 18.8 Å². The Bertz CT molecular complexity index is 411. The lowest BCUT2D eigenvalue weighted by Gasteiger charge is -2.32. The molecule has 2 heterocycles. The average Bonchev–Trinajstić information content (AvgIpc) is 2.75. The summed E-state index contributed by atoms with van der Waals surface area (Å²) in [6.45, 7) is 3.19. The van der Waals surface area contributed by atoms with Crippen LogP contribution in [0.5, 0.6) is 0 Å². The van der Waals surface area contributed by atoms with E-state index in [1.54, 1.807) is 12.1 Å². The van der Waals surface area contributed by atoms with Crippen LogP contribution >= 0.6 is 0 Å². The summed E-state index contributed by atoms with van der Waals surface area (Å²) in [5, 5.41) is 3.35. The summed E-state index contributed by atoms with van der Waals surface area (Å²) in [6.07, 6.45) is 2.38. The van der Waals surface area contributed by atoms with Crippen molar-refractivity contribution in [2.24, 2.45) is 5.92 Å². The molecule has 0 spiro atoms. The number of nitrogens with zero attached hydrogens (tertiary/aromatic N) is 1. The molecule has 2 nitrogen and oxygen atoms in total. The van der Waals surface area contributed by atoms with E-state index in [0.717, 1.165) is 30.9 Å². The molecule has 17 heavy (non-hydrogen) atoms. The predicted octanol–water partition coefficient (Wildman–Crippen LogP) is 2.68. The van der Waals surface area contributed by atoms with Crippen molar-refractivity contribution in [1.29, 1.82) is 0 Å². The number of anilines is 1. The highest BCUT2D eigenvalue weighted by Gasteiger charge is 2.33. The van der Waals surface area contributed by atoms with Gasteiger partial charge in [0.2, 0.25) is 0 Å². The minimum Gasteiger partial charge on any atom is -0.384 e. The maximum absolute atomic E-state index is 13.9. The van der Waals surface area contributed by atoms with E-state index in [-0.39, 0.29) is 5.82 Å². The Balaban J connectivity index is 1.83. The number of hydrogen-bond acceptors (Lipinski definition) is 2. The van der Waals surface area contributed by atoms with Gasteiger partial charge >= 0.3 is 0 Å². The van der Waals surface area contributed by atoms with Gasteiger partial charge in [0, 0.05) is 23.7 Å². The Labute approximate surface area is 102 Å². The van der Waals surface area contributed by atoms with Crippen molar-refractivity contribution in [1.82, 2.24) is 4.90 Å². The molecule has 0 saturated carbocycles. The van der Waals surface area contributed by atoms with Crippen molar-refractivity contribution in [3.63, 3.8) is 0 Å². The zero-order valence-electron chi connectivity index (χ0n) is 10.2. The van der Waals surface area contributed by atoms with Crippen molar-refractivity contribution in [3.05, 3.63) is 29.6 Å². The smallest absolute Gasteiger partial charge is 0.128 e. The zero-order valence-corrected chi connectivity index (χ0v) is 10.2. The molecule has 1 fully saturated rings. The lowest BCUT2D eigenvalue weighted by molar-refractivity contribution is 0.201. The van der Waals surface area contributed by atoms with Crippen LogP contribution in [-0.4, -0.2) is 31.6 Å². The number of benzene rings is 1. The molecule has 0 aliphatic carbocycles. The second kappa shape index (κ2) is 4.30. The van der Waals surface area contributed by atoms with Crippen molar-refractivity contribution < 1.29 is 4.39 Å². The molecule has 1 N–H and O–H groups in total. The van der Waals surface area contributed by atoms with Gasteiger partial charge in [-0.15, -0.1) is 0 Å². The van der Waals surface area contributed by atoms with Crippen LogP contribution in [0.4, 0.5) is 10.1 Å².